The van der Waals surface area contributed by atoms with Crippen LogP contribution >= 0.6 is 0 Å². The van der Waals surface area contributed by atoms with E-state index in [0.29, 0.717) is 13.1 Å². The Labute approximate surface area is 113 Å². The van der Waals surface area contributed by atoms with E-state index in [2.05, 4.69) is 25.2 Å². The second-order valence-corrected chi connectivity index (χ2v) is 4.09. The Kier molecular flexibility index (Phi) is 4.57. The summed E-state index contributed by atoms with van der Waals surface area (Å²) in [6.07, 6.45) is -1.30. The minimum atomic E-state index is -4.36. The molecule has 20 heavy (non-hydrogen) atoms. The average Bonchev–Trinajstić information content (AvgIpc) is 2.89. The van der Waals surface area contributed by atoms with Gasteiger partial charge in [-0.25, -0.2) is 4.98 Å². The molecule has 0 saturated carbocycles. The third-order valence-corrected chi connectivity index (χ3v) is 2.39. The van der Waals surface area contributed by atoms with Gasteiger partial charge in [-0.1, -0.05) is 0 Å². The van der Waals surface area contributed by atoms with Crippen molar-refractivity contribution in [2.75, 3.05) is 6.61 Å². The van der Waals surface area contributed by atoms with E-state index in [1.165, 1.54) is 12.3 Å². The van der Waals surface area contributed by atoms with E-state index >= 15 is 0 Å². The summed E-state index contributed by atoms with van der Waals surface area (Å²) < 4.78 is 40.7. The highest BCUT2D eigenvalue weighted by Crippen LogP contribution is 2.17. The Morgan fingerprint density at radius 1 is 1.20 bits per heavy atom. The predicted molar refractivity (Wildman–Crippen MR) is 64.9 cm³/mol. The van der Waals surface area contributed by atoms with Crippen molar-refractivity contribution in [3.8, 4) is 5.88 Å². The summed E-state index contributed by atoms with van der Waals surface area (Å²) in [5, 5.41) is 9.73. The zero-order chi connectivity index (χ0) is 14.4. The molecule has 2 N–H and O–H groups in total. The molecule has 2 heterocycles. The second-order valence-electron chi connectivity index (χ2n) is 4.09. The molecule has 2 rings (SSSR count). The van der Waals surface area contributed by atoms with Crippen molar-refractivity contribution in [2.45, 2.75) is 19.3 Å². The minimum Gasteiger partial charge on any atom is -0.468 e. The summed E-state index contributed by atoms with van der Waals surface area (Å²) in [6, 6.07) is 5.02. The van der Waals surface area contributed by atoms with Crippen molar-refractivity contribution in [3.05, 3.63) is 41.9 Å². The van der Waals surface area contributed by atoms with Gasteiger partial charge in [0, 0.05) is 37.2 Å². The molecular formula is C12H13F3N4O. The fraction of sp³-hybridized carbons (Fsp3) is 0.333. The van der Waals surface area contributed by atoms with Crippen LogP contribution in [0.15, 0.2) is 30.6 Å². The van der Waals surface area contributed by atoms with Crippen LogP contribution in [0.4, 0.5) is 13.2 Å². The first-order valence-electron chi connectivity index (χ1n) is 5.86. The molecule has 0 amide bonds. The molecule has 0 radical (unpaired) electrons. The maximum Gasteiger partial charge on any atom is 0.422 e. The number of ether oxygens (including phenoxy) is 1. The molecule has 0 fully saturated rings. The SMILES string of the molecule is FC(F)(F)COc1cc(CNCc2ccn[nH]2)ccn1. The number of nitrogens with zero attached hydrogens (tertiary/aromatic N) is 2. The Hall–Kier alpha value is -2.09. The molecule has 0 aliphatic heterocycles. The molecule has 0 aliphatic rings. The highest BCUT2D eigenvalue weighted by molar-refractivity contribution is 5.20. The van der Waals surface area contributed by atoms with Crippen LogP contribution in [-0.2, 0) is 13.1 Å². The quantitative estimate of drug-likeness (QED) is 0.853. The molecule has 2 aromatic rings. The fourth-order valence-corrected chi connectivity index (χ4v) is 1.52. The summed E-state index contributed by atoms with van der Waals surface area (Å²) in [4.78, 5) is 3.73. The molecule has 5 nitrogen and oxygen atoms in total. The number of nitrogens with one attached hydrogen (secondary N) is 2. The van der Waals surface area contributed by atoms with Crippen LogP contribution in [0.3, 0.4) is 0 Å². The van der Waals surface area contributed by atoms with Gasteiger partial charge in [-0.2, -0.15) is 18.3 Å². The smallest absolute Gasteiger partial charge is 0.422 e. The van der Waals surface area contributed by atoms with E-state index in [1.807, 2.05) is 6.07 Å². The van der Waals surface area contributed by atoms with Crippen LogP contribution in [0, 0.1) is 0 Å². The summed E-state index contributed by atoms with van der Waals surface area (Å²) in [7, 11) is 0. The topological polar surface area (TPSA) is 62.8 Å². The maximum atomic E-state index is 12.0. The number of hydrogen-bond donors (Lipinski definition) is 2. The number of hydrogen-bond acceptors (Lipinski definition) is 4. The van der Waals surface area contributed by atoms with Crippen LogP contribution < -0.4 is 10.1 Å². The number of alkyl halides is 3. The zero-order valence-corrected chi connectivity index (χ0v) is 10.4. The molecule has 0 aromatic carbocycles. The first kappa shape index (κ1) is 14.3. The first-order chi connectivity index (χ1) is 9.53. The molecule has 0 unspecified atom stereocenters. The lowest BCUT2D eigenvalue weighted by Gasteiger charge is -2.09. The molecule has 0 aliphatic carbocycles. The predicted octanol–water partition coefficient (Wildman–Crippen LogP) is 2.04. The Morgan fingerprint density at radius 2 is 2.05 bits per heavy atom. The van der Waals surface area contributed by atoms with Crippen molar-refractivity contribution in [1.82, 2.24) is 20.5 Å². The van der Waals surface area contributed by atoms with E-state index in [1.54, 1.807) is 12.3 Å². The molecule has 0 atom stereocenters. The van der Waals surface area contributed by atoms with Crippen molar-refractivity contribution in [3.63, 3.8) is 0 Å². The minimum absolute atomic E-state index is 0.0387. The van der Waals surface area contributed by atoms with Gasteiger partial charge in [0.1, 0.15) is 0 Å². The van der Waals surface area contributed by atoms with Gasteiger partial charge in [0.2, 0.25) is 5.88 Å². The largest absolute Gasteiger partial charge is 0.468 e. The summed E-state index contributed by atoms with van der Waals surface area (Å²) >= 11 is 0. The highest BCUT2D eigenvalue weighted by Gasteiger charge is 2.28. The monoisotopic (exact) mass is 286 g/mol. The maximum absolute atomic E-state index is 12.0. The van der Waals surface area contributed by atoms with Crippen LogP contribution in [0.1, 0.15) is 11.3 Å². The lowest BCUT2D eigenvalue weighted by Crippen LogP contribution is -2.20. The summed E-state index contributed by atoms with van der Waals surface area (Å²) in [6.45, 7) is -0.268. The van der Waals surface area contributed by atoms with Gasteiger partial charge in [-0.3, -0.25) is 5.10 Å². The van der Waals surface area contributed by atoms with Crippen LogP contribution in [0.5, 0.6) is 5.88 Å². The van der Waals surface area contributed by atoms with Gasteiger partial charge < -0.3 is 10.1 Å². The first-order valence-corrected chi connectivity index (χ1v) is 5.86. The third-order valence-electron chi connectivity index (χ3n) is 2.39. The average molecular weight is 286 g/mol. The van der Waals surface area contributed by atoms with Crippen LogP contribution in [0.2, 0.25) is 0 Å². The molecule has 8 heteroatoms. The second kappa shape index (κ2) is 6.38. The number of halogens is 3. The van der Waals surface area contributed by atoms with Gasteiger partial charge in [-0.05, 0) is 17.7 Å². The zero-order valence-electron chi connectivity index (χ0n) is 10.4. The molecule has 108 valence electrons. The molecular weight excluding hydrogens is 273 g/mol. The van der Waals surface area contributed by atoms with Crippen molar-refractivity contribution in [1.29, 1.82) is 0 Å². The fourth-order valence-electron chi connectivity index (χ4n) is 1.52. The number of aromatic nitrogens is 3. The number of rotatable bonds is 6. The van der Waals surface area contributed by atoms with E-state index < -0.39 is 12.8 Å². The number of aromatic amines is 1. The lowest BCUT2D eigenvalue weighted by atomic mass is 10.2. The molecule has 0 spiro atoms. The Bertz CT molecular complexity index is 528. The lowest BCUT2D eigenvalue weighted by molar-refractivity contribution is -0.154. The van der Waals surface area contributed by atoms with Crippen LogP contribution in [0.25, 0.3) is 0 Å². The highest BCUT2D eigenvalue weighted by atomic mass is 19.4. The van der Waals surface area contributed by atoms with Gasteiger partial charge in [0.25, 0.3) is 0 Å². The van der Waals surface area contributed by atoms with Gasteiger partial charge in [-0.15, -0.1) is 0 Å². The molecule has 0 bridgehead atoms. The van der Waals surface area contributed by atoms with E-state index in [9.17, 15) is 13.2 Å². The van der Waals surface area contributed by atoms with Crippen LogP contribution in [-0.4, -0.2) is 28.0 Å². The van der Waals surface area contributed by atoms with Crippen molar-refractivity contribution >= 4 is 0 Å². The Morgan fingerprint density at radius 3 is 2.75 bits per heavy atom. The van der Waals surface area contributed by atoms with E-state index in [0.717, 1.165) is 11.3 Å². The van der Waals surface area contributed by atoms with E-state index in [4.69, 9.17) is 0 Å². The van der Waals surface area contributed by atoms with Gasteiger partial charge in [0.05, 0.1) is 0 Å². The molecule has 0 saturated heterocycles. The summed E-state index contributed by atoms with van der Waals surface area (Å²) in [5.74, 6) is -0.0387. The number of pyridine rings is 1. The van der Waals surface area contributed by atoms with Gasteiger partial charge >= 0.3 is 6.18 Å². The molecule has 2 aromatic heterocycles. The standard InChI is InChI=1S/C12H13F3N4O/c13-12(14,15)8-20-11-5-9(1-3-17-11)6-16-7-10-2-4-18-19-10/h1-5,16H,6-8H2,(H,18,19). The third kappa shape index (κ3) is 4.88. The van der Waals surface area contributed by atoms with Crippen molar-refractivity contribution in [2.24, 2.45) is 0 Å². The number of H-pyrrole nitrogens is 1. The normalized spacial score (nSPS) is 11.6. The van der Waals surface area contributed by atoms with Crippen molar-refractivity contribution < 1.29 is 17.9 Å². The summed E-state index contributed by atoms with van der Waals surface area (Å²) in [5.41, 5.74) is 1.71. The van der Waals surface area contributed by atoms with E-state index in [-0.39, 0.29) is 5.88 Å². The van der Waals surface area contributed by atoms with Gasteiger partial charge in [0.15, 0.2) is 6.61 Å². The Balaban J connectivity index is 1.83.